The smallest absolute Gasteiger partial charge is 0.342 e. The maximum absolute atomic E-state index is 12.6. The number of imidazole rings is 1. The van der Waals surface area contributed by atoms with Crippen LogP contribution in [0.5, 0.6) is 5.75 Å². The van der Waals surface area contributed by atoms with Crippen molar-refractivity contribution in [1.29, 1.82) is 0 Å². The molecule has 0 aliphatic carbocycles. The van der Waals surface area contributed by atoms with Gasteiger partial charge in [-0.2, -0.15) is 0 Å². The number of fused-ring (bicyclic) bond motifs is 2. The number of methoxy groups -OCH3 is 1. The lowest BCUT2D eigenvalue weighted by Crippen LogP contribution is -2.07. The second-order valence-corrected chi connectivity index (χ2v) is 6.18. The van der Waals surface area contributed by atoms with Crippen LogP contribution in [0.1, 0.15) is 21.6 Å². The maximum Gasteiger partial charge on any atom is 0.342 e. The van der Waals surface area contributed by atoms with Gasteiger partial charge < -0.3 is 13.9 Å². The first-order valence-electron chi connectivity index (χ1n) is 8.32. The number of benzene rings is 2. The summed E-state index contributed by atoms with van der Waals surface area (Å²) in [5, 5.41) is 1.97. The highest BCUT2D eigenvalue weighted by Gasteiger charge is 2.16. The molecule has 0 saturated heterocycles. The first-order valence-corrected chi connectivity index (χ1v) is 8.32. The Hall–Kier alpha value is -3.34. The van der Waals surface area contributed by atoms with Crippen molar-refractivity contribution in [1.82, 2.24) is 9.38 Å². The molecule has 0 amide bonds. The summed E-state index contributed by atoms with van der Waals surface area (Å²) in [5.74, 6) is 0.0696. The number of aryl methyl sites for hydroxylation is 1. The molecule has 0 fully saturated rings. The fraction of sp³-hybridized carbons (Fsp3) is 0.143. The van der Waals surface area contributed by atoms with Crippen molar-refractivity contribution in [3.05, 3.63) is 77.7 Å². The van der Waals surface area contributed by atoms with Crippen LogP contribution in [0.15, 0.2) is 60.9 Å². The van der Waals surface area contributed by atoms with Crippen molar-refractivity contribution in [3.63, 3.8) is 0 Å². The third-order valence-electron chi connectivity index (χ3n) is 4.29. The molecule has 26 heavy (non-hydrogen) atoms. The van der Waals surface area contributed by atoms with Crippen LogP contribution < -0.4 is 4.74 Å². The molecule has 130 valence electrons. The summed E-state index contributed by atoms with van der Waals surface area (Å²) in [6.45, 7) is 2.13. The van der Waals surface area contributed by atoms with Gasteiger partial charge in [-0.15, -0.1) is 0 Å². The molecule has 0 aliphatic heterocycles. The summed E-state index contributed by atoms with van der Waals surface area (Å²) in [7, 11) is 1.55. The minimum absolute atomic E-state index is 0.107. The van der Waals surface area contributed by atoms with Crippen molar-refractivity contribution in [2.45, 2.75) is 13.5 Å². The quantitative estimate of drug-likeness (QED) is 0.521. The number of hydrogen-bond donors (Lipinski definition) is 0. The van der Waals surface area contributed by atoms with Crippen LogP contribution in [-0.2, 0) is 11.3 Å². The van der Waals surface area contributed by atoms with Gasteiger partial charge in [0.05, 0.1) is 12.8 Å². The Balaban J connectivity index is 1.58. The van der Waals surface area contributed by atoms with Crippen LogP contribution in [0.2, 0.25) is 0 Å². The molecular weight excluding hydrogens is 328 g/mol. The number of ether oxygens (including phenoxy) is 2. The highest BCUT2D eigenvalue weighted by molar-refractivity contribution is 5.98. The molecule has 4 aromatic rings. The Kier molecular flexibility index (Phi) is 4.05. The van der Waals surface area contributed by atoms with Gasteiger partial charge >= 0.3 is 5.97 Å². The van der Waals surface area contributed by atoms with Crippen LogP contribution in [0.25, 0.3) is 16.4 Å². The molecule has 0 N–H and O–H groups in total. The molecule has 0 atom stereocenters. The van der Waals surface area contributed by atoms with Gasteiger partial charge in [0.2, 0.25) is 0 Å². The molecule has 5 nitrogen and oxygen atoms in total. The van der Waals surface area contributed by atoms with E-state index in [9.17, 15) is 4.79 Å². The van der Waals surface area contributed by atoms with Crippen LogP contribution in [0, 0.1) is 6.92 Å². The van der Waals surface area contributed by atoms with Gasteiger partial charge in [-0.25, -0.2) is 9.78 Å². The van der Waals surface area contributed by atoms with Crippen molar-refractivity contribution in [2.75, 3.05) is 7.11 Å². The zero-order chi connectivity index (χ0) is 18.1. The van der Waals surface area contributed by atoms with E-state index < -0.39 is 5.97 Å². The van der Waals surface area contributed by atoms with Crippen LogP contribution in [-0.4, -0.2) is 22.5 Å². The van der Waals surface area contributed by atoms with E-state index in [1.54, 1.807) is 13.2 Å². The first kappa shape index (κ1) is 16.1. The summed E-state index contributed by atoms with van der Waals surface area (Å²) < 4.78 is 12.8. The predicted octanol–water partition coefficient (Wildman–Crippen LogP) is 4.16. The van der Waals surface area contributed by atoms with E-state index in [0.717, 1.165) is 22.0 Å². The van der Waals surface area contributed by atoms with E-state index in [1.165, 1.54) is 0 Å². The lowest BCUT2D eigenvalue weighted by atomic mass is 10.1. The summed E-state index contributed by atoms with van der Waals surface area (Å²) in [6.07, 6.45) is 3.85. The molecule has 2 aromatic carbocycles. The Bertz CT molecular complexity index is 1110. The first-order chi connectivity index (χ1) is 12.6. The van der Waals surface area contributed by atoms with Crippen molar-refractivity contribution < 1.29 is 14.3 Å². The number of esters is 1. The van der Waals surface area contributed by atoms with Gasteiger partial charge in [-0.05, 0) is 41.5 Å². The van der Waals surface area contributed by atoms with E-state index in [1.807, 2.05) is 66.2 Å². The number of rotatable bonds is 4. The summed E-state index contributed by atoms with van der Waals surface area (Å²) in [6, 6.07) is 15.4. The standard InChI is InChI=1S/C21H18N2O3/c1-14-7-8-20-22-17(12-23(20)11-14)13-26-21(24)18-9-15-5-3-4-6-16(15)10-19(18)25-2/h3-12H,13H2,1-2H3. The highest BCUT2D eigenvalue weighted by Crippen LogP contribution is 2.26. The normalized spacial score (nSPS) is 11.0. The van der Waals surface area contributed by atoms with Gasteiger partial charge in [0.1, 0.15) is 23.6 Å². The molecule has 0 unspecified atom stereocenters. The van der Waals surface area contributed by atoms with Gasteiger partial charge in [0.15, 0.2) is 0 Å². The zero-order valence-electron chi connectivity index (χ0n) is 14.6. The monoisotopic (exact) mass is 346 g/mol. The van der Waals surface area contributed by atoms with E-state index in [0.29, 0.717) is 17.0 Å². The predicted molar refractivity (Wildman–Crippen MR) is 99.5 cm³/mol. The molecular formula is C21H18N2O3. The minimum atomic E-state index is -0.430. The van der Waals surface area contributed by atoms with Gasteiger partial charge in [0, 0.05) is 12.4 Å². The number of carbonyl (C=O) groups is 1. The number of aromatic nitrogens is 2. The van der Waals surface area contributed by atoms with Crippen molar-refractivity contribution in [2.24, 2.45) is 0 Å². The summed E-state index contributed by atoms with van der Waals surface area (Å²) in [5.41, 5.74) is 3.07. The molecule has 4 rings (SSSR count). The summed E-state index contributed by atoms with van der Waals surface area (Å²) >= 11 is 0. The lowest BCUT2D eigenvalue weighted by molar-refractivity contribution is 0.0465. The maximum atomic E-state index is 12.6. The molecule has 0 bridgehead atoms. The Morgan fingerprint density at radius 1 is 1.08 bits per heavy atom. The third kappa shape index (κ3) is 2.99. The fourth-order valence-corrected chi connectivity index (χ4v) is 2.99. The highest BCUT2D eigenvalue weighted by atomic mass is 16.5. The topological polar surface area (TPSA) is 52.8 Å². The van der Waals surface area contributed by atoms with Gasteiger partial charge in [-0.1, -0.05) is 30.3 Å². The second-order valence-electron chi connectivity index (χ2n) is 6.18. The number of carbonyl (C=O) groups excluding carboxylic acids is 1. The molecule has 5 heteroatoms. The molecule has 0 spiro atoms. The Morgan fingerprint density at radius 3 is 2.62 bits per heavy atom. The Morgan fingerprint density at radius 2 is 1.85 bits per heavy atom. The Labute approximate surface area is 150 Å². The second kappa shape index (κ2) is 6.52. The fourth-order valence-electron chi connectivity index (χ4n) is 2.99. The van der Waals surface area contributed by atoms with Gasteiger partial charge in [-0.3, -0.25) is 0 Å². The minimum Gasteiger partial charge on any atom is -0.496 e. The van der Waals surface area contributed by atoms with Crippen molar-refractivity contribution >= 4 is 22.4 Å². The van der Waals surface area contributed by atoms with Crippen molar-refractivity contribution in [3.8, 4) is 5.75 Å². The molecule has 0 saturated carbocycles. The SMILES string of the molecule is COc1cc2ccccc2cc1C(=O)OCc1cn2cc(C)ccc2n1. The van der Waals surface area contributed by atoms with E-state index in [4.69, 9.17) is 9.47 Å². The van der Waals surface area contributed by atoms with Crippen LogP contribution in [0.4, 0.5) is 0 Å². The summed E-state index contributed by atoms with van der Waals surface area (Å²) in [4.78, 5) is 17.0. The van der Waals surface area contributed by atoms with E-state index >= 15 is 0 Å². The van der Waals surface area contributed by atoms with Crippen LogP contribution in [0.3, 0.4) is 0 Å². The average molecular weight is 346 g/mol. The molecule has 2 aromatic heterocycles. The number of hydrogen-bond acceptors (Lipinski definition) is 4. The number of pyridine rings is 1. The molecule has 0 radical (unpaired) electrons. The van der Waals surface area contributed by atoms with E-state index in [-0.39, 0.29) is 6.61 Å². The molecule has 2 heterocycles. The lowest BCUT2D eigenvalue weighted by Gasteiger charge is -2.10. The van der Waals surface area contributed by atoms with Gasteiger partial charge in [0.25, 0.3) is 0 Å². The zero-order valence-corrected chi connectivity index (χ0v) is 14.6. The largest absolute Gasteiger partial charge is 0.496 e. The average Bonchev–Trinajstić information content (AvgIpc) is 3.07. The third-order valence-corrected chi connectivity index (χ3v) is 4.29. The van der Waals surface area contributed by atoms with E-state index in [2.05, 4.69) is 4.98 Å². The van der Waals surface area contributed by atoms with Crippen LogP contribution >= 0.6 is 0 Å². The number of nitrogens with zero attached hydrogens (tertiary/aromatic N) is 2. The molecule has 0 aliphatic rings.